The van der Waals surface area contributed by atoms with E-state index in [9.17, 15) is 13.2 Å². The van der Waals surface area contributed by atoms with Gasteiger partial charge in [0.25, 0.3) is 0 Å². The number of ether oxygens (including phenoxy) is 2. The molecule has 1 aliphatic heterocycles. The lowest BCUT2D eigenvalue weighted by Crippen LogP contribution is -2.37. The summed E-state index contributed by atoms with van der Waals surface area (Å²) in [4.78, 5) is 12.3. The van der Waals surface area contributed by atoms with Crippen LogP contribution in [0.4, 0.5) is 11.4 Å². The fraction of sp³-hybridized carbons (Fsp3) is 0.278. The summed E-state index contributed by atoms with van der Waals surface area (Å²) < 4.78 is 36.4. The molecular formula is C18H20N2O5S. The number of amides is 1. The summed E-state index contributed by atoms with van der Waals surface area (Å²) >= 11 is 0. The van der Waals surface area contributed by atoms with E-state index in [1.165, 1.54) is 0 Å². The summed E-state index contributed by atoms with van der Waals surface area (Å²) in [6.45, 7) is 2.44. The van der Waals surface area contributed by atoms with Crippen molar-refractivity contribution >= 4 is 27.3 Å². The molecule has 8 heteroatoms. The number of nitrogens with zero attached hydrogens (tertiary/aromatic N) is 1. The van der Waals surface area contributed by atoms with Gasteiger partial charge in [0.05, 0.1) is 11.9 Å². The van der Waals surface area contributed by atoms with E-state index >= 15 is 0 Å². The zero-order valence-electron chi connectivity index (χ0n) is 14.6. The molecule has 0 unspecified atom stereocenters. The highest BCUT2D eigenvalue weighted by atomic mass is 32.2. The quantitative estimate of drug-likeness (QED) is 0.864. The van der Waals surface area contributed by atoms with Gasteiger partial charge in [0.15, 0.2) is 11.5 Å². The van der Waals surface area contributed by atoms with Crippen molar-refractivity contribution in [2.24, 2.45) is 0 Å². The van der Waals surface area contributed by atoms with E-state index in [4.69, 9.17) is 9.47 Å². The van der Waals surface area contributed by atoms with Crippen LogP contribution in [-0.4, -0.2) is 40.3 Å². The van der Waals surface area contributed by atoms with Gasteiger partial charge in [-0.15, -0.1) is 0 Å². The largest absolute Gasteiger partial charge is 0.486 e. The predicted octanol–water partition coefficient (Wildman–Crippen LogP) is 2.17. The number of nitrogens with one attached hydrogen (secondary N) is 1. The molecule has 0 radical (unpaired) electrons. The monoisotopic (exact) mass is 376 g/mol. The van der Waals surface area contributed by atoms with Crippen molar-refractivity contribution in [1.82, 2.24) is 0 Å². The SMILES string of the molecule is Cc1ccc(NC(=O)CN(c2ccc3c(c2)OCCO3)S(C)(=O)=O)cc1. The molecule has 0 fully saturated rings. The maximum Gasteiger partial charge on any atom is 0.245 e. The van der Waals surface area contributed by atoms with Gasteiger partial charge in [0, 0.05) is 11.8 Å². The van der Waals surface area contributed by atoms with Crippen LogP contribution in [0.3, 0.4) is 0 Å². The van der Waals surface area contributed by atoms with Gasteiger partial charge in [0.1, 0.15) is 19.8 Å². The third-order valence-electron chi connectivity index (χ3n) is 3.84. The normalized spacial score (nSPS) is 13.2. The lowest BCUT2D eigenvalue weighted by molar-refractivity contribution is -0.114. The van der Waals surface area contributed by atoms with E-state index in [-0.39, 0.29) is 6.54 Å². The Bertz CT molecular complexity index is 910. The van der Waals surface area contributed by atoms with Crippen LogP contribution < -0.4 is 19.1 Å². The number of sulfonamides is 1. The first kappa shape index (κ1) is 18.1. The van der Waals surface area contributed by atoms with Gasteiger partial charge in [-0.25, -0.2) is 8.42 Å². The molecule has 1 heterocycles. The first-order valence-corrected chi connectivity index (χ1v) is 9.91. The summed E-state index contributed by atoms with van der Waals surface area (Å²) in [6, 6.07) is 12.1. The number of rotatable bonds is 5. The van der Waals surface area contributed by atoms with Gasteiger partial charge in [0.2, 0.25) is 15.9 Å². The molecule has 7 nitrogen and oxygen atoms in total. The van der Waals surface area contributed by atoms with Crippen molar-refractivity contribution in [3.63, 3.8) is 0 Å². The Labute approximate surface area is 152 Å². The number of aryl methyl sites for hydroxylation is 1. The molecular weight excluding hydrogens is 356 g/mol. The Morgan fingerprint density at radius 3 is 2.38 bits per heavy atom. The van der Waals surface area contributed by atoms with Crippen molar-refractivity contribution < 1.29 is 22.7 Å². The summed E-state index contributed by atoms with van der Waals surface area (Å²) in [5, 5.41) is 2.70. The van der Waals surface area contributed by atoms with Crippen molar-refractivity contribution in [2.45, 2.75) is 6.92 Å². The number of carbonyl (C=O) groups excluding carboxylic acids is 1. The average molecular weight is 376 g/mol. The summed E-state index contributed by atoms with van der Waals surface area (Å²) in [7, 11) is -3.66. The third kappa shape index (κ3) is 4.26. The summed E-state index contributed by atoms with van der Waals surface area (Å²) in [6.07, 6.45) is 1.06. The van der Waals surface area contributed by atoms with E-state index in [2.05, 4.69) is 5.32 Å². The molecule has 1 aliphatic rings. The molecule has 0 aromatic heterocycles. The van der Waals surface area contributed by atoms with Crippen molar-refractivity contribution in [2.75, 3.05) is 35.6 Å². The summed E-state index contributed by atoms with van der Waals surface area (Å²) in [5.41, 5.74) is 2.02. The second kappa shape index (κ2) is 7.25. The van der Waals surface area contributed by atoms with Crippen LogP contribution in [0.1, 0.15) is 5.56 Å². The fourth-order valence-corrected chi connectivity index (χ4v) is 3.40. The Hall–Kier alpha value is -2.74. The van der Waals surface area contributed by atoms with Crippen LogP contribution in [0, 0.1) is 6.92 Å². The van der Waals surface area contributed by atoms with E-state index in [1.54, 1.807) is 30.3 Å². The van der Waals surface area contributed by atoms with Gasteiger partial charge in [-0.05, 0) is 31.2 Å². The smallest absolute Gasteiger partial charge is 0.245 e. The maximum atomic E-state index is 12.3. The predicted molar refractivity (Wildman–Crippen MR) is 99.4 cm³/mol. The number of hydrogen-bond acceptors (Lipinski definition) is 5. The van der Waals surface area contributed by atoms with Crippen molar-refractivity contribution in [1.29, 1.82) is 0 Å². The highest BCUT2D eigenvalue weighted by molar-refractivity contribution is 7.92. The Kier molecular flexibility index (Phi) is 5.03. The van der Waals surface area contributed by atoms with Gasteiger partial charge in [-0.2, -0.15) is 0 Å². The topological polar surface area (TPSA) is 84.9 Å². The molecule has 1 amide bonds. The molecule has 0 atom stereocenters. The average Bonchev–Trinajstić information content (AvgIpc) is 2.60. The molecule has 1 N–H and O–H groups in total. The Morgan fingerprint density at radius 1 is 1.08 bits per heavy atom. The molecule has 2 aromatic carbocycles. The van der Waals surface area contributed by atoms with Crippen LogP contribution in [0.2, 0.25) is 0 Å². The van der Waals surface area contributed by atoms with E-state index in [0.29, 0.717) is 36.1 Å². The second-order valence-corrected chi connectivity index (χ2v) is 7.92. The van der Waals surface area contributed by atoms with Crippen LogP contribution in [-0.2, 0) is 14.8 Å². The molecule has 2 aromatic rings. The molecule has 0 aliphatic carbocycles. The summed E-state index contributed by atoms with van der Waals surface area (Å²) in [5.74, 6) is 0.577. The Morgan fingerprint density at radius 2 is 1.73 bits per heavy atom. The van der Waals surface area contributed by atoms with Crippen LogP contribution >= 0.6 is 0 Å². The molecule has 0 bridgehead atoms. The number of anilines is 2. The van der Waals surface area contributed by atoms with E-state index in [1.807, 2.05) is 19.1 Å². The number of fused-ring (bicyclic) bond motifs is 1. The molecule has 138 valence electrons. The minimum atomic E-state index is -3.66. The van der Waals surface area contributed by atoms with Crippen molar-refractivity contribution in [3.8, 4) is 11.5 Å². The zero-order chi connectivity index (χ0) is 18.7. The van der Waals surface area contributed by atoms with Crippen LogP contribution in [0.5, 0.6) is 11.5 Å². The highest BCUT2D eigenvalue weighted by Gasteiger charge is 2.23. The maximum absolute atomic E-state index is 12.3. The van der Waals surface area contributed by atoms with E-state index < -0.39 is 15.9 Å². The first-order chi connectivity index (χ1) is 12.3. The second-order valence-electron chi connectivity index (χ2n) is 6.01. The van der Waals surface area contributed by atoms with Gasteiger partial charge in [-0.1, -0.05) is 17.7 Å². The molecule has 0 spiro atoms. The molecule has 0 saturated carbocycles. The highest BCUT2D eigenvalue weighted by Crippen LogP contribution is 2.34. The molecule has 3 rings (SSSR count). The minimum Gasteiger partial charge on any atom is -0.486 e. The lowest BCUT2D eigenvalue weighted by Gasteiger charge is -2.24. The minimum absolute atomic E-state index is 0.341. The Balaban J connectivity index is 1.80. The lowest BCUT2D eigenvalue weighted by atomic mass is 10.2. The standard InChI is InChI=1S/C18H20N2O5S/c1-13-3-5-14(6-4-13)19-18(21)12-20(26(2,22)23)15-7-8-16-17(11-15)25-10-9-24-16/h3-8,11H,9-10,12H2,1-2H3,(H,19,21). The van der Waals surface area contributed by atoms with Crippen LogP contribution in [0.25, 0.3) is 0 Å². The first-order valence-electron chi connectivity index (χ1n) is 8.07. The van der Waals surface area contributed by atoms with Gasteiger partial charge in [-0.3, -0.25) is 9.10 Å². The number of carbonyl (C=O) groups is 1. The number of benzene rings is 2. The third-order valence-corrected chi connectivity index (χ3v) is 4.98. The van der Waals surface area contributed by atoms with Crippen LogP contribution in [0.15, 0.2) is 42.5 Å². The van der Waals surface area contributed by atoms with Gasteiger partial charge < -0.3 is 14.8 Å². The van der Waals surface area contributed by atoms with Gasteiger partial charge >= 0.3 is 0 Å². The number of hydrogen-bond donors (Lipinski definition) is 1. The zero-order valence-corrected chi connectivity index (χ0v) is 15.4. The molecule has 0 saturated heterocycles. The van der Waals surface area contributed by atoms with Crippen molar-refractivity contribution in [3.05, 3.63) is 48.0 Å². The molecule has 26 heavy (non-hydrogen) atoms. The fourth-order valence-electron chi connectivity index (χ4n) is 2.56. The van der Waals surface area contributed by atoms with E-state index in [0.717, 1.165) is 16.1 Å².